The van der Waals surface area contributed by atoms with Gasteiger partial charge in [-0.1, -0.05) is 22.0 Å². The number of hydrogen-bond acceptors (Lipinski definition) is 1. The molecule has 0 spiro atoms. The summed E-state index contributed by atoms with van der Waals surface area (Å²) >= 11 is 6.17. The Bertz CT molecular complexity index is 381. The predicted octanol–water partition coefficient (Wildman–Crippen LogP) is 4.60. The van der Waals surface area contributed by atoms with E-state index >= 15 is 0 Å². The van der Waals surface area contributed by atoms with Crippen molar-refractivity contribution in [3.63, 3.8) is 0 Å². The second kappa shape index (κ2) is 6.15. The molecule has 0 radical (unpaired) electrons. The Morgan fingerprint density at radius 3 is 2.47 bits per heavy atom. The first-order chi connectivity index (χ1) is 7.79. The van der Waals surface area contributed by atoms with Crippen LogP contribution in [0.1, 0.15) is 10.4 Å². The molecule has 96 valence electrons. The normalized spacial score (nSPS) is 13.8. The van der Waals surface area contributed by atoms with Crippen molar-refractivity contribution in [1.29, 1.82) is 0 Å². The van der Waals surface area contributed by atoms with Gasteiger partial charge in [0, 0.05) is 0 Å². The lowest BCUT2D eigenvalue weighted by Gasteiger charge is -2.12. The Kier molecular flexibility index (Phi) is 5.40. The number of ether oxygens (including phenoxy) is 1. The fourth-order valence-electron chi connectivity index (χ4n) is 1.08. The summed E-state index contributed by atoms with van der Waals surface area (Å²) in [5.74, 6) is -0.426. The molecule has 0 aliphatic rings. The van der Waals surface area contributed by atoms with Crippen molar-refractivity contribution >= 4 is 31.9 Å². The van der Waals surface area contributed by atoms with Crippen LogP contribution in [0.4, 0.5) is 17.6 Å². The van der Waals surface area contributed by atoms with Gasteiger partial charge in [-0.15, -0.1) is 0 Å². The third kappa shape index (κ3) is 5.35. The topological polar surface area (TPSA) is 9.23 Å². The Morgan fingerprint density at radius 1 is 1.29 bits per heavy atom. The molecule has 1 rings (SSSR count). The molecule has 0 aliphatic heterocycles. The minimum Gasteiger partial charge on any atom is -0.371 e. The van der Waals surface area contributed by atoms with Crippen molar-refractivity contribution in [3.8, 4) is 0 Å². The quantitative estimate of drug-likeness (QED) is 0.548. The average molecular weight is 380 g/mol. The van der Waals surface area contributed by atoms with Gasteiger partial charge in [-0.3, -0.25) is 0 Å². The fraction of sp³-hybridized carbons (Fsp3) is 0.400. The summed E-state index contributed by atoms with van der Waals surface area (Å²) in [6.07, 6.45) is -4.34. The molecule has 7 heteroatoms. The van der Waals surface area contributed by atoms with Crippen LogP contribution in [0.2, 0.25) is 0 Å². The van der Waals surface area contributed by atoms with Crippen LogP contribution in [-0.4, -0.2) is 19.4 Å². The highest BCUT2D eigenvalue weighted by Crippen LogP contribution is 2.27. The number of rotatable bonds is 4. The Morgan fingerprint density at radius 2 is 1.94 bits per heavy atom. The van der Waals surface area contributed by atoms with Crippen molar-refractivity contribution in [2.45, 2.75) is 11.0 Å². The molecular weight excluding hydrogens is 372 g/mol. The highest BCUT2D eigenvalue weighted by molar-refractivity contribution is 9.10. The van der Waals surface area contributed by atoms with Crippen LogP contribution < -0.4 is 0 Å². The molecule has 1 aromatic rings. The van der Waals surface area contributed by atoms with E-state index in [1.54, 1.807) is 0 Å². The predicted molar refractivity (Wildman–Crippen MR) is 62.6 cm³/mol. The zero-order valence-electron chi connectivity index (χ0n) is 8.40. The lowest BCUT2D eigenvalue weighted by Crippen LogP contribution is -2.18. The van der Waals surface area contributed by atoms with Gasteiger partial charge in [-0.2, -0.15) is 13.2 Å². The maximum absolute atomic E-state index is 12.9. The largest absolute Gasteiger partial charge is 0.411 e. The zero-order valence-corrected chi connectivity index (χ0v) is 11.6. The maximum atomic E-state index is 12.9. The Labute approximate surface area is 112 Å². The highest BCUT2D eigenvalue weighted by atomic mass is 79.9. The molecule has 0 aromatic heterocycles. The maximum Gasteiger partial charge on any atom is 0.411 e. The van der Waals surface area contributed by atoms with Crippen LogP contribution in [0.15, 0.2) is 22.7 Å². The van der Waals surface area contributed by atoms with Crippen LogP contribution in [0, 0.1) is 5.82 Å². The fourth-order valence-corrected chi connectivity index (χ4v) is 1.95. The van der Waals surface area contributed by atoms with E-state index in [1.807, 2.05) is 0 Å². The van der Waals surface area contributed by atoms with Gasteiger partial charge in [-0.05, 0) is 33.6 Å². The summed E-state index contributed by atoms with van der Waals surface area (Å²) in [5.41, 5.74) is 0.639. The molecule has 1 nitrogen and oxygen atoms in total. The molecule has 1 aromatic carbocycles. The van der Waals surface area contributed by atoms with E-state index in [1.165, 1.54) is 18.2 Å². The summed E-state index contributed by atoms with van der Waals surface area (Å²) in [5, 5.41) is 0. The van der Waals surface area contributed by atoms with Gasteiger partial charge in [0.1, 0.15) is 12.4 Å². The first-order valence-corrected chi connectivity index (χ1v) is 6.24. The van der Waals surface area contributed by atoms with Crippen LogP contribution in [0.25, 0.3) is 0 Å². The van der Waals surface area contributed by atoms with E-state index in [4.69, 9.17) is 0 Å². The van der Waals surface area contributed by atoms with E-state index in [2.05, 4.69) is 36.6 Å². The molecule has 0 saturated heterocycles. The minimum atomic E-state index is -4.34. The standard InChI is InChI=1S/C10H8Br2F4O/c11-7-3-6(1-2-9(7)13)8(12)4-17-5-10(14,15)16/h1-3,8H,4-5H2. The van der Waals surface area contributed by atoms with Gasteiger partial charge in [0.2, 0.25) is 0 Å². The van der Waals surface area contributed by atoms with Gasteiger partial charge in [0.25, 0.3) is 0 Å². The van der Waals surface area contributed by atoms with E-state index in [0.29, 0.717) is 5.56 Å². The zero-order chi connectivity index (χ0) is 13.1. The van der Waals surface area contributed by atoms with E-state index in [-0.39, 0.29) is 11.1 Å². The molecule has 0 fully saturated rings. The monoisotopic (exact) mass is 378 g/mol. The molecule has 0 saturated carbocycles. The molecule has 17 heavy (non-hydrogen) atoms. The van der Waals surface area contributed by atoms with Crippen LogP contribution in [-0.2, 0) is 4.74 Å². The third-order valence-corrected chi connectivity index (χ3v) is 3.24. The van der Waals surface area contributed by atoms with Gasteiger partial charge in [0.15, 0.2) is 0 Å². The Balaban J connectivity index is 2.52. The number of benzene rings is 1. The van der Waals surface area contributed by atoms with Crippen molar-refractivity contribution in [2.24, 2.45) is 0 Å². The highest BCUT2D eigenvalue weighted by Gasteiger charge is 2.27. The lowest BCUT2D eigenvalue weighted by atomic mass is 10.1. The van der Waals surface area contributed by atoms with E-state index in [0.717, 1.165) is 0 Å². The van der Waals surface area contributed by atoms with Crippen molar-refractivity contribution in [3.05, 3.63) is 34.1 Å². The summed E-state index contributed by atoms with van der Waals surface area (Å²) in [4.78, 5) is -0.415. The first kappa shape index (κ1) is 14.9. The smallest absolute Gasteiger partial charge is 0.371 e. The molecule has 0 N–H and O–H groups in total. The average Bonchev–Trinajstić information content (AvgIpc) is 2.20. The molecule has 0 amide bonds. The summed E-state index contributed by atoms with van der Waals surface area (Å²) in [7, 11) is 0. The summed E-state index contributed by atoms with van der Waals surface area (Å²) in [6.45, 7) is -1.44. The number of alkyl halides is 4. The first-order valence-electron chi connectivity index (χ1n) is 4.53. The van der Waals surface area contributed by atoms with Crippen molar-refractivity contribution < 1.29 is 22.3 Å². The Hall–Kier alpha value is -0.140. The molecule has 0 bridgehead atoms. The SMILES string of the molecule is Fc1ccc(C(Br)COCC(F)(F)F)cc1Br. The molecular formula is C10H8Br2F4O. The lowest BCUT2D eigenvalue weighted by molar-refractivity contribution is -0.173. The van der Waals surface area contributed by atoms with E-state index in [9.17, 15) is 17.6 Å². The molecule has 0 heterocycles. The van der Waals surface area contributed by atoms with Crippen LogP contribution in [0.5, 0.6) is 0 Å². The van der Waals surface area contributed by atoms with Crippen LogP contribution in [0.3, 0.4) is 0 Å². The second-order valence-electron chi connectivity index (χ2n) is 3.27. The molecule has 1 unspecified atom stereocenters. The number of hydrogen-bond donors (Lipinski definition) is 0. The minimum absolute atomic E-state index is 0.141. The van der Waals surface area contributed by atoms with E-state index < -0.39 is 23.4 Å². The third-order valence-electron chi connectivity index (χ3n) is 1.84. The van der Waals surface area contributed by atoms with Gasteiger partial charge < -0.3 is 4.74 Å². The van der Waals surface area contributed by atoms with Gasteiger partial charge in [0.05, 0.1) is 15.9 Å². The van der Waals surface area contributed by atoms with Crippen molar-refractivity contribution in [1.82, 2.24) is 0 Å². The number of halogens is 6. The summed E-state index contributed by atoms with van der Waals surface area (Å²) in [6, 6.07) is 4.21. The van der Waals surface area contributed by atoms with Crippen molar-refractivity contribution in [2.75, 3.05) is 13.2 Å². The molecule has 1 atom stereocenters. The van der Waals surface area contributed by atoms with Gasteiger partial charge in [-0.25, -0.2) is 4.39 Å². The summed E-state index contributed by atoms with van der Waals surface area (Å²) < 4.78 is 53.2. The van der Waals surface area contributed by atoms with Gasteiger partial charge >= 0.3 is 6.18 Å². The van der Waals surface area contributed by atoms with Crippen LogP contribution >= 0.6 is 31.9 Å². The second-order valence-corrected chi connectivity index (χ2v) is 5.23. The molecule has 0 aliphatic carbocycles.